The molecule has 0 aromatic heterocycles. The first kappa shape index (κ1) is 21.5. The highest BCUT2D eigenvalue weighted by molar-refractivity contribution is 7.93. The molecule has 3 rings (SSSR count). The maximum atomic E-state index is 13.4. The molecule has 0 spiro atoms. The van der Waals surface area contributed by atoms with E-state index in [1.165, 1.54) is 24.3 Å². The van der Waals surface area contributed by atoms with Gasteiger partial charge >= 0.3 is 0 Å². The molecule has 0 aliphatic carbocycles. The molecule has 0 aliphatic heterocycles. The first-order valence-electron chi connectivity index (χ1n) is 8.58. The summed E-state index contributed by atoms with van der Waals surface area (Å²) < 4.78 is 56.2. The largest absolute Gasteiger partial charge is 0.488 e. The van der Waals surface area contributed by atoms with Crippen molar-refractivity contribution < 1.29 is 26.4 Å². The van der Waals surface area contributed by atoms with Crippen LogP contribution in [0.2, 0.25) is 0 Å². The number of sulfonamides is 1. The van der Waals surface area contributed by atoms with E-state index in [4.69, 9.17) is 15.6 Å². The van der Waals surface area contributed by atoms with Gasteiger partial charge in [0.25, 0.3) is 0 Å². The number of benzene rings is 3. The number of hydrogen-bond acceptors (Lipinski definition) is 6. The van der Waals surface area contributed by atoms with Crippen LogP contribution >= 0.6 is 0 Å². The van der Waals surface area contributed by atoms with Gasteiger partial charge in [-0.05, 0) is 35.9 Å². The van der Waals surface area contributed by atoms with Gasteiger partial charge in [0.05, 0.1) is 4.90 Å². The monoisotopic (exact) mass is 446 g/mol. The summed E-state index contributed by atoms with van der Waals surface area (Å²) in [4.78, 5) is 10.1. The summed E-state index contributed by atoms with van der Waals surface area (Å²) in [6.45, 7) is 0.0517. The van der Waals surface area contributed by atoms with E-state index in [-0.39, 0.29) is 17.9 Å². The van der Waals surface area contributed by atoms with Gasteiger partial charge in [0.15, 0.2) is 0 Å². The molecule has 0 unspecified atom stereocenters. The fraction of sp³-hybridized carbons (Fsp3) is 0.0500. The Morgan fingerprint density at radius 1 is 0.800 bits per heavy atom. The molecule has 0 saturated heterocycles. The number of amides is 1. The van der Waals surface area contributed by atoms with Crippen LogP contribution in [0.5, 0.6) is 5.75 Å². The average Bonchev–Trinajstić information content (AvgIpc) is 2.72. The van der Waals surface area contributed by atoms with Gasteiger partial charge in [-0.15, -0.1) is 0 Å². The third-order valence-electron chi connectivity index (χ3n) is 4.20. The summed E-state index contributed by atoms with van der Waals surface area (Å²) >= 11 is 0. The van der Waals surface area contributed by atoms with Crippen molar-refractivity contribution in [3.05, 3.63) is 83.9 Å². The maximum absolute atomic E-state index is 13.4. The molecule has 3 aromatic rings. The zero-order valence-corrected chi connectivity index (χ0v) is 17.2. The number of carbonyl (C=O) groups is 1. The van der Waals surface area contributed by atoms with Crippen molar-refractivity contribution in [1.82, 2.24) is 0 Å². The molecule has 0 aliphatic rings. The molecular formula is C20H18N2O6S2. The molecule has 30 heavy (non-hydrogen) atoms. The van der Waals surface area contributed by atoms with Crippen molar-refractivity contribution >= 4 is 25.8 Å². The number of nitrogens with two attached hydrogens (primary N) is 2. The predicted molar refractivity (Wildman–Crippen MR) is 109 cm³/mol. The van der Waals surface area contributed by atoms with Crippen molar-refractivity contribution in [2.45, 2.75) is 21.3 Å². The molecule has 0 heterocycles. The molecule has 4 N–H and O–H groups in total. The highest BCUT2D eigenvalue weighted by Crippen LogP contribution is 2.33. The summed E-state index contributed by atoms with van der Waals surface area (Å²) in [5, 5.41) is 5.19. The summed E-state index contributed by atoms with van der Waals surface area (Å²) in [5.74, 6) is -0.908. The number of hydrogen-bond donors (Lipinski definition) is 2. The van der Waals surface area contributed by atoms with Crippen LogP contribution in [0.1, 0.15) is 15.9 Å². The second-order valence-electron chi connectivity index (χ2n) is 6.30. The van der Waals surface area contributed by atoms with Crippen molar-refractivity contribution in [3.8, 4) is 5.75 Å². The van der Waals surface area contributed by atoms with E-state index >= 15 is 0 Å². The van der Waals surface area contributed by atoms with Gasteiger partial charge < -0.3 is 10.5 Å². The minimum absolute atomic E-state index is 0.0517. The zero-order valence-electron chi connectivity index (χ0n) is 15.6. The van der Waals surface area contributed by atoms with Gasteiger partial charge in [0.2, 0.25) is 25.8 Å². The lowest BCUT2D eigenvalue weighted by Gasteiger charge is -2.15. The topological polar surface area (TPSA) is 147 Å². The highest BCUT2D eigenvalue weighted by Gasteiger charge is 2.29. The Labute approximate surface area is 174 Å². The van der Waals surface area contributed by atoms with Crippen LogP contribution in [-0.4, -0.2) is 22.7 Å². The SMILES string of the molecule is NC(=O)c1ccc(OCc2ccccc2)c(S(=O)(=O)c2ccccc2S(N)(=O)=O)c1. The summed E-state index contributed by atoms with van der Waals surface area (Å²) in [7, 11) is -8.77. The minimum atomic E-state index is -4.44. The Hall–Kier alpha value is -3.21. The van der Waals surface area contributed by atoms with Gasteiger partial charge in [-0.2, -0.15) is 0 Å². The third kappa shape index (κ3) is 4.51. The van der Waals surface area contributed by atoms with Gasteiger partial charge in [0, 0.05) is 5.56 Å². The molecule has 0 radical (unpaired) electrons. The summed E-state index contributed by atoms with van der Waals surface area (Å²) in [6, 6.07) is 17.6. The first-order valence-corrected chi connectivity index (χ1v) is 11.6. The van der Waals surface area contributed by atoms with Crippen molar-refractivity contribution in [2.24, 2.45) is 10.9 Å². The first-order chi connectivity index (χ1) is 14.1. The lowest BCUT2D eigenvalue weighted by Crippen LogP contribution is -2.18. The molecule has 0 fully saturated rings. The standard InChI is InChI=1S/C20H18N2O6S2/c21-20(23)15-10-11-16(28-13-14-6-2-1-3-7-14)19(12-15)29(24,25)17-8-4-5-9-18(17)30(22,26)27/h1-12H,13H2,(H2,21,23)(H2,22,26,27). The number of primary sulfonamides is 1. The van der Waals surface area contributed by atoms with E-state index in [9.17, 15) is 21.6 Å². The van der Waals surface area contributed by atoms with E-state index in [0.29, 0.717) is 0 Å². The molecule has 8 nitrogen and oxygen atoms in total. The van der Waals surface area contributed by atoms with E-state index < -0.39 is 40.5 Å². The molecule has 3 aromatic carbocycles. The third-order valence-corrected chi connectivity index (χ3v) is 7.13. The van der Waals surface area contributed by atoms with Crippen molar-refractivity contribution in [3.63, 3.8) is 0 Å². The van der Waals surface area contributed by atoms with E-state index in [0.717, 1.165) is 23.8 Å². The lowest BCUT2D eigenvalue weighted by molar-refractivity contribution is 0.1000. The van der Waals surface area contributed by atoms with Crippen LogP contribution in [0.25, 0.3) is 0 Å². The summed E-state index contributed by atoms with van der Waals surface area (Å²) in [5.41, 5.74) is 6.00. The molecule has 0 bridgehead atoms. The molecule has 0 atom stereocenters. The van der Waals surface area contributed by atoms with Crippen LogP contribution in [0.3, 0.4) is 0 Å². The van der Waals surface area contributed by atoms with Crippen LogP contribution in [0.15, 0.2) is 87.5 Å². The van der Waals surface area contributed by atoms with E-state index in [1.807, 2.05) is 6.07 Å². The Kier molecular flexibility index (Phi) is 5.92. The number of sulfone groups is 1. The van der Waals surface area contributed by atoms with Crippen LogP contribution in [0, 0.1) is 0 Å². The Balaban J connectivity index is 2.15. The Morgan fingerprint density at radius 2 is 1.40 bits per heavy atom. The number of carbonyl (C=O) groups excluding carboxylic acids is 1. The lowest BCUT2D eigenvalue weighted by atomic mass is 10.2. The second-order valence-corrected chi connectivity index (χ2v) is 9.71. The molecular weight excluding hydrogens is 428 g/mol. The Bertz CT molecular complexity index is 1300. The van der Waals surface area contributed by atoms with Gasteiger partial charge in [-0.3, -0.25) is 4.79 Å². The second kappa shape index (κ2) is 8.27. The average molecular weight is 447 g/mol. The van der Waals surface area contributed by atoms with Crippen molar-refractivity contribution in [2.75, 3.05) is 0 Å². The Morgan fingerprint density at radius 3 is 2.00 bits per heavy atom. The van der Waals surface area contributed by atoms with Gasteiger partial charge in [-0.25, -0.2) is 22.0 Å². The number of ether oxygens (including phenoxy) is 1. The predicted octanol–water partition coefficient (Wildman–Crippen LogP) is 1.84. The minimum Gasteiger partial charge on any atom is -0.488 e. The van der Waals surface area contributed by atoms with Crippen LogP contribution in [0.4, 0.5) is 0 Å². The van der Waals surface area contributed by atoms with Crippen LogP contribution < -0.4 is 15.6 Å². The fourth-order valence-electron chi connectivity index (χ4n) is 2.75. The highest BCUT2D eigenvalue weighted by atomic mass is 32.2. The fourth-order valence-corrected chi connectivity index (χ4v) is 5.55. The number of primary amides is 1. The normalized spacial score (nSPS) is 11.8. The smallest absolute Gasteiger partial charge is 0.248 e. The molecule has 10 heteroatoms. The molecule has 1 amide bonds. The van der Waals surface area contributed by atoms with Crippen molar-refractivity contribution in [1.29, 1.82) is 0 Å². The summed E-state index contributed by atoms with van der Waals surface area (Å²) in [6.07, 6.45) is 0. The van der Waals surface area contributed by atoms with E-state index in [1.54, 1.807) is 24.3 Å². The number of rotatable bonds is 7. The van der Waals surface area contributed by atoms with Crippen LogP contribution in [-0.2, 0) is 26.5 Å². The van der Waals surface area contributed by atoms with E-state index in [2.05, 4.69) is 0 Å². The quantitative estimate of drug-likeness (QED) is 0.566. The molecule has 0 saturated carbocycles. The maximum Gasteiger partial charge on any atom is 0.248 e. The van der Waals surface area contributed by atoms with Gasteiger partial charge in [0.1, 0.15) is 22.1 Å². The zero-order chi connectivity index (χ0) is 21.9. The molecule has 156 valence electrons. The van der Waals surface area contributed by atoms with Gasteiger partial charge in [-0.1, -0.05) is 42.5 Å².